The van der Waals surface area contributed by atoms with E-state index in [0.717, 1.165) is 5.56 Å². The maximum absolute atomic E-state index is 12.5. The first-order valence-electron chi connectivity index (χ1n) is 13.9. The van der Waals surface area contributed by atoms with Crippen LogP contribution in [0.4, 0.5) is 0 Å². The first kappa shape index (κ1) is 32.7. The van der Waals surface area contributed by atoms with E-state index < -0.39 is 24.0 Å². The van der Waals surface area contributed by atoms with E-state index in [0.29, 0.717) is 36.5 Å². The van der Waals surface area contributed by atoms with Crippen LogP contribution in [0.5, 0.6) is 17.2 Å². The minimum atomic E-state index is -0.760. The maximum Gasteiger partial charge on any atom is 0.328 e. The monoisotopic (exact) mass is 552 g/mol. The predicted octanol–water partition coefficient (Wildman–Crippen LogP) is 5.76. The van der Waals surface area contributed by atoms with Crippen LogP contribution in [0.3, 0.4) is 0 Å². The topological polar surface area (TPSA) is 131 Å². The summed E-state index contributed by atoms with van der Waals surface area (Å²) in [6, 6.07) is 10.4. The van der Waals surface area contributed by atoms with Crippen molar-refractivity contribution in [2.75, 3.05) is 0 Å². The number of carbonyl (C=O) groups excluding carboxylic acids is 3. The van der Waals surface area contributed by atoms with Crippen LogP contribution in [0.2, 0.25) is 0 Å². The van der Waals surface area contributed by atoms with Crippen molar-refractivity contribution in [3.63, 3.8) is 0 Å². The first-order valence-corrected chi connectivity index (χ1v) is 13.9. The minimum absolute atomic E-state index is 0.234. The van der Waals surface area contributed by atoms with Gasteiger partial charge < -0.3 is 25.7 Å². The second kappa shape index (κ2) is 15.9. The molecule has 0 amide bonds. The Hall–Kier alpha value is -3.49. The Kier molecular flexibility index (Phi) is 13.0. The van der Waals surface area contributed by atoms with Crippen LogP contribution in [0, 0.1) is 17.8 Å². The smallest absolute Gasteiger partial charge is 0.328 e. The molecule has 8 heteroatoms. The molecule has 0 spiro atoms. The van der Waals surface area contributed by atoms with E-state index in [2.05, 4.69) is 0 Å². The summed E-state index contributed by atoms with van der Waals surface area (Å²) in [5, 5.41) is 0. The molecule has 2 aromatic carbocycles. The fourth-order valence-electron chi connectivity index (χ4n) is 3.83. The summed E-state index contributed by atoms with van der Waals surface area (Å²) in [5.74, 6) is 0.433. The van der Waals surface area contributed by atoms with Gasteiger partial charge in [-0.15, -0.1) is 0 Å². The van der Waals surface area contributed by atoms with Gasteiger partial charge in [-0.2, -0.15) is 0 Å². The van der Waals surface area contributed by atoms with Crippen molar-refractivity contribution in [2.45, 2.75) is 79.3 Å². The summed E-state index contributed by atoms with van der Waals surface area (Å²) in [5.41, 5.74) is 13.4. The lowest BCUT2D eigenvalue weighted by Gasteiger charge is -2.14. The Morgan fingerprint density at radius 3 is 1.62 bits per heavy atom. The molecule has 0 unspecified atom stereocenters. The Balaban J connectivity index is 2.20. The Labute approximate surface area is 238 Å². The third kappa shape index (κ3) is 12.1. The normalized spacial score (nSPS) is 13.1. The van der Waals surface area contributed by atoms with E-state index in [1.54, 1.807) is 42.5 Å². The molecule has 218 valence electrons. The van der Waals surface area contributed by atoms with Gasteiger partial charge in [-0.05, 0) is 72.4 Å². The number of hydrogen-bond acceptors (Lipinski definition) is 8. The molecule has 0 radical (unpaired) electrons. The van der Waals surface area contributed by atoms with Crippen LogP contribution in [0.25, 0.3) is 12.2 Å². The first-order chi connectivity index (χ1) is 18.8. The van der Waals surface area contributed by atoms with E-state index in [4.69, 9.17) is 25.7 Å². The zero-order chi connectivity index (χ0) is 29.8. The lowest BCUT2D eigenvalue weighted by molar-refractivity contribution is -0.137. The highest BCUT2D eigenvalue weighted by Crippen LogP contribution is 2.26. The van der Waals surface area contributed by atoms with Crippen LogP contribution < -0.4 is 25.7 Å². The molecule has 0 aliphatic heterocycles. The van der Waals surface area contributed by atoms with Gasteiger partial charge in [-0.1, -0.05) is 65.8 Å². The molecule has 0 heterocycles. The molecular formula is C32H44N2O6. The molecule has 2 atom stereocenters. The molecule has 2 rings (SSSR count). The molecule has 0 aliphatic rings. The Bertz CT molecular complexity index is 1150. The maximum atomic E-state index is 12.5. The van der Waals surface area contributed by atoms with Crippen molar-refractivity contribution in [3.8, 4) is 17.2 Å². The van der Waals surface area contributed by atoms with E-state index in [1.165, 1.54) is 6.07 Å². The van der Waals surface area contributed by atoms with E-state index in [1.807, 2.05) is 47.6 Å². The lowest BCUT2D eigenvalue weighted by atomic mass is 10.0. The summed E-state index contributed by atoms with van der Waals surface area (Å²) in [6.07, 6.45) is 5.67. The van der Waals surface area contributed by atoms with Crippen molar-refractivity contribution in [1.29, 1.82) is 0 Å². The fourth-order valence-corrected chi connectivity index (χ4v) is 3.83. The summed E-state index contributed by atoms with van der Waals surface area (Å²) in [4.78, 5) is 37.1. The highest BCUT2D eigenvalue weighted by atomic mass is 16.5. The minimum Gasteiger partial charge on any atom is -0.426 e. The Morgan fingerprint density at radius 1 is 0.650 bits per heavy atom. The van der Waals surface area contributed by atoms with Crippen LogP contribution in [-0.2, 0) is 14.4 Å². The zero-order valence-electron chi connectivity index (χ0n) is 24.5. The van der Waals surface area contributed by atoms with Crippen molar-refractivity contribution >= 4 is 30.1 Å². The van der Waals surface area contributed by atoms with Crippen molar-refractivity contribution in [1.82, 2.24) is 0 Å². The van der Waals surface area contributed by atoms with Gasteiger partial charge in [0.1, 0.15) is 29.3 Å². The number of ether oxygens (including phenoxy) is 3. The molecule has 0 bridgehead atoms. The average Bonchev–Trinajstić information content (AvgIpc) is 2.86. The fraction of sp³-hybridized carbons (Fsp3) is 0.469. The summed E-state index contributed by atoms with van der Waals surface area (Å²) in [6.45, 7) is 12.0. The van der Waals surface area contributed by atoms with Crippen molar-refractivity contribution in [2.24, 2.45) is 29.2 Å². The molecule has 0 saturated carbocycles. The van der Waals surface area contributed by atoms with Gasteiger partial charge >= 0.3 is 17.9 Å². The molecule has 8 nitrogen and oxygen atoms in total. The quantitative estimate of drug-likeness (QED) is 0.172. The molecule has 0 fully saturated rings. The van der Waals surface area contributed by atoms with Crippen LogP contribution >= 0.6 is 0 Å². The average molecular weight is 553 g/mol. The van der Waals surface area contributed by atoms with Gasteiger partial charge in [0.2, 0.25) is 0 Å². The molecule has 0 aliphatic carbocycles. The largest absolute Gasteiger partial charge is 0.426 e. The Morgan fingerprint density at radius 2 is 1.12 bits per heavy atom. The van der Waals surface area contributed by atoms with Gasteiger partial charge in [0.15, 0.2) is 0 Å². The van der Waals surface area contributed by atoms with Crippen LogP contribution in [0.1, 0.15) is 78.4 Å². The molecule has 0 saturated heterocycles. The third-order valence-electron chi connectivity index (χ3n) is 5.90. The lowest BCUT2D eigenvalue weighted by Crippen LogP contribution is -2.35. The van der Waals surface area contributed by atoms with E-state index in [-0.39, 0.29) is 35.7 Å². The van der Waals surface area contributed by atoms with Gasteiger partial charge in [-0.25, -0.2) is 9.59 Å². The number of benzene rings is 2. The second-order valence-corrected chi connectivity index (χ2v) is 11.4. The van der Waals surface area contributed by atoms with Gasteiger partial charge in [0.25, 0.3) is 0 Å². The van der Waals surface area contributed by atoms with Crippen LogP contribution in [-0.4, -0.2) is 30.0 Å². The van der Waals surface area contributed by atoms with Gasteiger partial charge in [-0.3, -0.25) is 4.79 Å². The summed E-state index contributed by atoms with van der Waals surface area (Å²) >= 11 is 0. The number of esters is 3. The number of carbonyl (C=O) groups is 3. The SMILES string of the molecule is CC(C)CCC(=O)Oc1cc(/C=C\c2ccc(OC(=O)[C@@H](N)CC(C)C)cc2)cc(OC(=O)[C@@H](N)CC(C)C)c1. The van der Waals surface area contributed by atoms with Crippen LogP contribution in [0.15, 0.2) is 42.5 Å². The third-order valence-corrected chi connectivity index (χ3v) is 5.90. The molecule has 40 heavy (non-hydrogen) atoms. The highest BCUT2D eigenvalue weighted by molar-refractivity contribution is 5.80. The molecule has 2 aromatic rings. The number of nitrogens with two attached hydrogens (primary N) is 2. The standard InChI is InChI=1S/C32H44N2O6/c1-20(2)7-14-30(35)38-26-17-24(18-27(19-26)40-32(37)29(34)16-22(5)6)9-8-23-10-12-25(13-11-23)39-31(36)28(33)15-21(3)4/h8-13,17-22,28-29H,7,14-16,33-34H2,1-6H3/b9-8-/t28-,29-/m0/s1. The number of hydrogen-bond donors (Lipinski definition) is 2. The van der Waals surface area contributed by atoms with Crippen molar-refractivity contribution < 1.29 is 28.6 Å². The molecule has 4 N–H and O–H groups in total. The van der Waals surface area contributed by atoms with E-state index in [9.17, 15) is 14.4 Å². The van der Waals surface area contributed by atoms with Gasteiger partial charge in [0.05, 0.1) is 0 Å². The van der Waals surface area contributed by atoms with E-state index >= 15 is 0 Å². The van der Waals surface area contributed by atoms with Gasteiger partial charge in [0, 0.05) is 12.5 Å². The predicted molar refractivity (Wildman–Crippen MR) is 158 cm³/mol. The highest BCUT2D eigenvalue weighted by Gasteiger charge is 2.19. The molecule has 0 aromatic heterocycles. The second-order valence-electron chi connectivity index (χ2n) is 11.4. The zero-order valence-corrected chi connectivity index (χ0v) is 24.5. The van der Waals surface area contributed by atoms with Crippen molar-refractivity contribution in [3.05, 3.63) is 53.6 Å². The summed E-state index contributed by atoms with van der Waals surface area (Å²) < 4.78 is 16.5. The summed E-state index contributed by atoms with van der Waals surface area (Å²) in [7, 11) is 0. The number of rotatable bonds is 14. The molecular weight excluding hydrogens is 508 g/mol.